The molecule has 1 saturated carbocycles. The first kappa shape index (κ1) is 21.4. The molecule has 5 aromatic rings. The standard InChI is InChI=1S/C25H21ClN6O3/c26-17-4-5-21-20(9-17)32(25(34)35-21)14-24(33)30-22-10-18(7-8-27-22)28-11-19-13-31-12-16(15-1-2-15)3-6-23(31)29-19/h3-10,12-13,15H,1-2,11,14H2,(H2,27,28,30,33). The Bertz CT molecular complexity index is 1630. The number of halogens is 1. The number of amides is 1. The molecule has 35 heavy (non-hydrogen) atoms. The van der Waals surface area contributed by atoms with Gasteiger partial charge in [0.2, 0.25) is 5.91 Å². The minimum absolute atomic E-state index is 0.227. The summed E-state index contributed by atoms with van der Waals surface area (Å²) in [7, 11) is 0. The summed E-state index contributed by atoms with van der Waals surface area (Å²) < 4.78 is 8.48. The first-order valence-corrected chi connectivity index (χ1v) is 11.7. The Hall–Kier alpha value is -4.11. The van der Waals surface area contributed by atoms with E-state index in [0.717, 1.165) is 17.0 Å². The molecule has 0 bridgehead atoms. The van der Waals surface area contributed by atoms with Gasteiger partial charge in [0.05, 0.1) is 17.8 Å². The van der Waals surface area contributed by atoms with Gasteiger partial charge >= 0.3 is 5.76 Å². The molecule has 0 spiro atoms. The number of nitrogens with one attached hydrogen (secondary N) is 2. The highest BCUT2D eigenvalue weighted by molar-refractivity contribution is 6.31. The van der Waals surface area contributed by atoms with Crippen molar-refractivity contribution in [2.24, 2.45) is 0 Å². The summed E-state index contributed by atoms with van der Waals surface area (Å²) in [5.41, 5.74) is 4.79. The highest BCUT2D eigenvalue weighted by Gasteiger charge is 2.23. The lowest BCUT2D eigenvalue weighted by molar-refractivity contribution is -0.116. The molecule has 2 N–H and O–H groups in total. The van der Waals surface area contributed by atoms with E-state index in [1.165, 1.54) is 23.0 Å². The fraction of sp³-hybridized carbons (Fsp3) is 0.200. The predicted octanol–water partition coefficient (Wildman–Crippen LogP) is 4.42. The Morgan fingerprint density at radius 2 is 2.03 bits per heavy atom. The molecule has 1 aromatic carbocycles. The van der Waals surface area contributed by atoms with Crippen LogP contribution in [0.25, 0.3) is 16.7 Å². The second-order valence-corrected chi connectivity index (χ2v) is 9.07. The second kappa shape index (κ2) is 8.59. The Kier molecular flexibility index (Phi) is 5.26. The van der Waals surface area contributed by atoms with E-state index < -0.39 is 11.7 Å². The van der Waals surface area contributed by atoms with E-state index in [1.807, 2.05) is 12.3 Å². The molecule has 0 unspecified atom stereocenters. The van der Waals surface area contributed by atoms with E-state index in [2.05, 4.69) is 43.3 Å². The summed E-state index contributed by atoms with van der Waals surface area (Å²) >= 11 is 6.02. The third kappa shape index (κ3) is 4.50. The molecule has 176 valence electrons. The minimum atomic E-state index is -0.627. The normalized spacial score (nSPS) is 13.4. The largest absolute Gasteiger partial charge is 0.420 e. The van der Waals surface area contributed by atoms with Crippen LogP contribution in [-0.4, -0.2) is 24.8 Å². The van der Waals surface area contributed by atoms with Crippen molar-refractivity contribution in [3.63, 3.8) is 0 Å². The number of imidazole rings is 1. The van der Waals surface area contributed by atoms with E-state index in [0.29, 0.717) is 34.4 Å². The van der Waals surface area contributed by atoms with Crippen molar-refractivity contribution < 1.29 is 9.21 Å². The van der Waals surface area contributed by atoms with Gasteiger partial charge in [-0.2, -0.15) is 0 Å². The van der Waals surface area contributed by atoms with Gasteiger partial charge in [0.15, 0.2) is 5.58 Å². The lowest BCUT2D eigenvalue weighted by atomic mass is 10.2. The Morgan fingerprint density at radius 1 is 1.14 bits per heavy atom. The molecule has 10 heteroatoms. The zero-order valence-electron chi connectivity index (χ0n) is 18.6. The third-order valence-electron chi connectivity index (χ3n) is 6.00. The summed E-state index contributed by atoms with van der Waals surface area (Å²) in [6.45, 7) is 0.296. The van der Waals surface area contributed by atoms with Gasteiger partial charge in [0.25, 0.3) is 0 Å². The number of fused-ring (bicyclic) bond motifs is 2. The van der Waals surface area contributed by atoms with Crippen LogP contribution >= 0.6 is 11.6 Å². The zero-order valence-corrected chi connectivity index (χ0v) is 19.3. The maximum atomic E-state index is 12.6. The summed E-state index contributed by atoms with van der Waals surface area (Å²) in [4.78, 5) is 33.7. The second-order valence-electron chi connectivity index (χ2n) is 8.63. The van der Waals surface area contributed by atoms with Gasteiger partial charge in [0, 0.05) is 35.4 Å². The fourth-order valence-corrected chi connectivity index (χ4v) is 4.28. The molecule has 1 aliphatic rings. The number of nitrogens with zero attached hydrogens (tertiary/aromatic N) is 4. The molecule has 0 saturated heterocycles. The topological polar surface area (TPSA) is 106 Å². The van der Waals surface area contributed by atoms with E-state index in [4.69, 9.17) is 16.0 Å². The van der Waals surface area contributed by atoms with Gasteiger partial charge < -0.3 is 19.5 Å². The van der Waals surface area contributed by atoms with Crippen LogP contribution in [0.5, 0.6) is 0 Å². The molecular formula is C25H21ClN6O3. The van der Waals surface area contributed by atoms with Crippen molar-refractivity contribution in [3.8, 4) is 0 Å². The van der Waals surface area contributed by atoms with E-state index in [1.54, 1.807) is 30.5 Å². The smallest absolute Gasteiger partial charge is 0.408 e. The monoisotopic (exact) mass is 488 g/mol. The van der Waals surface area contributed by atoms with Crippen molar-refractivity contribution in [1.29, 1.82) is 0 Å². The van der Waals surface area contributed by atoms with Gasteiger partial charge in [-0.1, -0.05) is 17.7 Å². The number of aromatic nitrogens is 4. The molecule has 0 radical (unpaired) electrons. The van der Waals surface area contributed by atoms with Crippen molar-refractivity contribution in [2.45, 2.75) is 31.8 Å². The average molecular weight is 489 g/mol. The summed E-state index contributed by atoms with van der Waals surface area (Å²) in [5, 5.41) is 6.49. The molecule has 1 fully saturated rings. The van der Waals surface area contributed by atoms with Crippen molar-refractivity contribution in [2.75, 3.05) is 10.6 Å². The van der Waals surface area contributed by atoms with Crippen LogP contribution in [0, 0.1) is 0 Å². The van der Waals surface area contributed by atoms with Crippen molar-refractivity contribution in [1.82, 2.24) is 18.9 Å². The maximum Gasteiger partial charge on any atom is 0.420 e. The zero-order chi connectivity index (χ0) is 23.9. The van der Waals surface area contributed by atoms with Gasteiger partial charge in [-0.25, -0.2) is 14.8 Å². The van der Waals surface area contributed by atoms with Gasteiger partial charge in [-0.05, 0) is 54.7 Å². The summed E-state index contributed by atoms with van der Waals surface area (Å²) in [6.07, 6.45) is 8.31. The molecule has 9 nitrogen and oxygen atoms in total. The molecule has 0 atom stereocenters. The predicted molar refractivity (Wildman–Crippen MR) is 133 cm³/mol. The minimum Gasteiger partial charge on any atom is -0.408 e. The molecule has 1 aliphatic carbocycles. The summed E-state index contributed by atoms with van der Waals surface area (Å²) in [5.74, 6) is 0.0178. The number of rotatable bonds is 7. The van der Waals surface area contributed by atoms with E-state index in [-0.39, 0.29) is 6.54 Å². The Labute approximate surface area is 204 Å². The fourth-order valence-electron chi connectivity index (χ4n) is 4.12. The molecule has 1 amide bonds. The lowest BCUT2D eigenvalue weighted by Crippen LogP contribution is -2.25. The van der Waals surface area contributed by atoms with Gasteiger partial charge in [-0.15, -0.1) is 0 Å². The van der Waals surface area contributed by atoms with Crippen LogP contribution in [0.4, 0.5) is 11.5 Å². The van der Waals surface area contributed by atoms with Crippen LogP contribution in [0.3, 0.4) is 0 Å². The molecule has 6 rings (SSSR count). The molecular weight excluding hydrogens is 468 g/mol. The number of hydrogen-bond acceptors (Lipinski definition) is 6. The lowest BCUT2D eigenvalue weighted by Gasteiger charge is -2.08. The molecule has 4 heterocycles. The molecule has 0 aliphatic heterocycles. The molecule has 4 aromatic heterocycles. The average Bonchev–Trinajstić information content (AvgIpc) is 3.55. The highest BCUT2D eigenvalue weighted by atomic mass is 35.5. The van der Waals surface area contributed by atoms with Crippen LogP contribution in [0.15, 0.2) is 70.3 Å². The number of oxazole rings is 1. The van der Waals surface area contributed by atoms with Crippen LogP contribution in [0.2, 0.25) is 5.02 Å². The highest BCUT2D eigenvalue weighted by Crippen LogP contribution is 2.39. The first-order chi connectivity index (χ1) is 17.0. The van der Waals surface area contributed by atoms with Crippen LogP contribution in [-0.2, 0) is 17.9 Å². The van der Waals surface area contributed by atoms with Crippen molar-refractivity contribution >= 4 is 45.8 Å². The van der Waals surface area contributed by atoms with Crippen LogP contribution in [0.1, 0.15) is 30.0 Å². The van der Waals surface area contributed by atoms with E-state index in [9.17, 15) is 9.59 Å². The number of benzene rings is 1. The van der Waals surface area contributed by atoms with Crippen molar-refractivity contribution in [3.05, 3.63) is 87.9 Å². The number of hydrogen-bond donors (Lipinski definition) is 2. The van der Waals surface area contributed by atoms with Gasteiger partial charge in [0.1, 0.15) is 18.0 Å². The number of carbonyl (C=O) groups is 1. The van der Waals surface area contributed by atoms with Gasteiger partial charge in [-0.3, -0.25) is 9.36 Å². The maximum absolute atomic E-state index is 12.6. The number of carbonyl (C=O) groups excluding carboxylic acids is 1. The van der Waals surface area contributed by atoms with Crippen LogP contribution < -0.4 is 16.4 Å². The Morgan fingerprint density at radius 3 is 2.89 bits per heavy atom. The number of pyridine rings is 2. The SMILES string of the molecule is O=C(Cn1c(=O)oc2ccc(Cl)cc21)Nc1cc(NCc2cn3cc(C4CC4)ccc3n2)ccn1. The quantitative estimate of drug-likeness (QED) is 0.351. The third-order valence-corrected chi connectivity index (χ3v) is 6.24. The first-order valence-electron chi connectivity index (χ1n) is 11.3. The number of anilines is 2. The van der Waals surface area contributed by atoms with E-state index >= 15 is 0 Å². The summed E-state index contributed by atoms with van der Waals surface area (Å²) in [6, 6.07) is 12.6. The Balaban J connectivity index is 1.12.